The molecule has 0 saturated heterocycles. The number of benzene rings is 1. The molecule has 0 bridgehead atoms. The lowest BCUT2D eigenvalue weighted by Crippen LogP contribution is -2.08. The first-order valence-electron chi connectivity index (χ1n) is 4.53. The van der Waals surface area contributed by atoms with E-state index in [0.717, 1.165) is 0 Å². The second-order valence-corrected chi connectivity index (χ2v) is 3.17. The molecule has 16 heavy (non-hydrogen) atoms. The van der Waals surface area contributed by atoms with Crippen LogP contribution in [0.15, 0.2) is 18.2 Å². The van der Waals surface area contributed by atoms with E-state index in [1.54, 1.807) is 25.1 Å². The number of para-hydroxylation sites is 1. The predicted molar refractivity (Wildman–Crippen MR) is 58.5 cm³/mol. The van der Waals surface area contributed by atoms with Gasteiger partial charge >= 0.3 is 0 Å². The van der Waals surface area contributed by atoms with Crippen molar-refractivity contribution in [3.05, 3.63) is 39.4 Å². The van der Waals surface area contributed by atoms with Crippen molar-refractivity contribution in [2.45, 2.75) is 13.3 Å². The van der Waals surface area contributed by atoms with Crippen molar-refractivity contribution in [2.75, 3.05) is 0 Å². The predicted octanol–water partition coefficient (Wildman–Crippen LogP) is 1.13. The van der Waals surface area contributed by atoms with Crippen molar-refractivity contribution in [1.82, 2.24) is 0 Å². The Hall–Kier alpha value is -2.35. The zero-order valence-corrected chi connectivity index (χ0v) is 8.69. The minimum Gasteiger partial charge on any atom is -0.369 e. The second kappa shape index (κ2) is 4.94. The highest BCUT2D eigenvalue weighted by atomic mass is 16.6. The summed E-state index contributed by atoms with van der Waals surface area (Å²) in [5, 5.41) is 10.8. The van der Waals surface area contributed by atoms with Gasteiger partial charge < -0.3 is 5.73 Å². The first kappa shape index (κ1) is 11.7. The molecule has 0 aromatic heterocycles. The SMILES string of the molecule is Cc1cccc(C#CCC(N)=O)c1[N+](=O)[O-]. The lowest BCUT2D eigenvalue weighted by Gasteiger charge is -1.98. The van der Waals surface area contributed by atoms with E-state index in [4.69, 9.17) is 5.73 Å². The Balaban J connectivity index is 3.12. The normalized spacial score (nSPS) is 9.06. The van der Waals surface area contributed by atoms with E-state index in [0.29, 0.717) is 11.1 Å². The summed E-state index contributed by atoms with van der Waals surface area (Å²) in [6, 6.07) is 4.85. The lowest BCUT2D eigenvalue weighted by atomic mass is 10.1. The number of primary amides is 1. The summed E-state index contributed by atoms with van der Waals surface area (Å²) in [6.07, 6.45) is -0.106. The second-order valence-electron chi connectivity index (χ2n) is 3.17. The van der Waals surface area contributed by atoms with Crippen LogP contribution in [0.3, 0.4) is 0 Å². The van der Waals surface area contributed by atoms with Gasteiger partial charge in [0.25, 0.3) is 5.69 Å². The number of nitro benzene ring substituents is 1. The van der Waals surface area contributed by atoms with E-state index in [-0.39, 0.29) is 12.1 Å². The smallest absolute Gasteiger partial charge is 0.287 e. The topological polar surface area (TPSA) is 86.2 Å². The molecule has 1 aromatic rings. The number of carbonyl (C=O) groups is 1. The molecule has 1 amide bonds. The third kappa shape index (κ3) is 2.82. The lowest BCUT2D eigenvalue weighted by molar-refractivity contribution is -0.385. The number of hydrogen-bond acceptors (Lipinski definition) is 3. The third-order valence-corrected chi connectivity index (χ3v) is 1.91. The molecule has 0 atom stereocenters. The molecule has 1 rings (SSSR count). The first-order chi connectivity index (χ1) is 7.52. The highest BCUT2D eigenvalue weighted by Crippen LogP contribution is 2.21. The number of nitrogens with zero attached hydrogens (tertiary/aromatic N) is 1. The zero-order valence-electron chi connectivity index (χ0n) is 8.69. The third-order valence-electron chi connectivity index (χ3n) is 1.91. The van der Waals surface area contributed by atoms with E-state index >= 15 is 0 Å². The van der Waals surface area contributed by atoms with Crippen LogP contribution in [-0.4, -0.2) is 10.8 Å². The van der Waals surface area contributed by atoms with Crippen LogP contribution in [0.2, 0.25) is 0 Å². The van der Waals surface area contributed by atoms with Crippen LogP contribution in [0.4, 0.5) is 5.69 Å². The molecule has 0 spiro atoms. The van der Waals surface area contributed by atoms with E-state index in [1.807, 2.05) is 0 Å². The molecule has 1 aromatic carbocycles. The van der Waals surface area contributed by atoms with Crippen molar-refractivity contribution in [3.63, 3.8) is 0 Å². The van der Waals surface area contributed by atoms with Crippen LogP contribution < -0.4 is 5.73 Å². The Bertz CT molecular complexity index is 498. The molecular weight excluding hydrogens is 208 g/mol. The number of hydrogen-bond donors (Lipinski definition) is 1. The van der Waals surface area contributed by atoms with Crippen LogP contribution in [-0.2, 0) is 4.79 Å². The van der Waals surface area contributed by atoms with E-state index < -0.39 is 10.8 Å². The monoisotopic (exact) mass is 218 g/mol. The average Bonchev–Trinajstić information content (AvgIpc) is 2.16. The summed E-state index contributed by atoms with van der Waals surface area (Å²) in [5.41, 5.74) is 5.72. The van der Waals surface area contributed by atoms with Gasteiger partial charge in [-0.05, 0) is 13.0 Å². The standard InChI is InChI=1S/C11H10N2O3/c1-8-4-2-5-9(11(8)13(15)16)6-3-7-10(12)14/h2,4-5H,7H2,1H3,(H2,12,14). The highest BCUT2D eigenvalue weighted by Gasteiger charge is 2.14. The molecule has 0 aliphatic rings. The Morgan fingerprint density at radius 3 is 2.81 bits per heavy atom. The number of aryl methyl sites for hydroxylation is 1. The van der Waals surface area contributed by atoms with Crippen LogP contribution in [0.5, 0.6) is 0 Å². The molecule has 0 aliphatic carbocycles. The number of nitro groups is 1. The zero-order chi connectivity index (χ0) is 12.1. The van der Waals surface area contributed by atoms with Gasteiger partial charge in [-0.25, -0.2) is 0 Å². The number of amides is 1. The van der Waals surface area contributed by atoms with Crippen LogP contribution in [0.1, 0.15) is 17.5 Å². The van der Waals surface area contributed by atoms with Gasteiger partial charge in [-0.3, -0.25) is 14.9 Å². The van der Waals surface area contributed by atoms with Crippen molar-refractivity contribution < 1.29 is 9.72 Å². The Labute approximate surface area is 92.4 Å². The van der Waals surface area contributed by atoms with Gasteiger partial charge in [0.1, 0.15) is 5.56 Å². The van der Waals surface area contributed by atoms with Crippen LogP contribution >= 0.6 is 0 Å². The molecule has 2 N–H and O–H groups in total. The van der Waals surface area contributed by atoms with Gasteiger partial charge in [0.2, 0.25) is 5.91 Å². The Morgan fingerprint density at radius 1 is 1.56 bits per heavy atom. The number of nitrogens with two attached hydrogens (primary N) is 1. The Morgan fingerprint density at radius 2 is 2.25 bits per heavy atom. The fourth-order valence-corrected chi connectivity index (χ4v) is 1.23. The maximum absolute atomic E-state index is 10.8. The molecule has 5 heteroatoms. The fraction of sp³-hybridized carbons (Fsp3) is 0.182. The van der Waals surface area contributed by atoms with Gasteiger partial charge in [-0.15, -0.1) is 0 Å². The first-order valence-corrected chi connectivity index (χ1v) is 4.53. The van der Waals surface area contributed by atoms with Crippen molar-refractivity contribution in [3.8, 4) is 11.8 Å². The van der Waals surface area contributed by atoms with Crippen molar-refractivity contribution in [2.24, 2.45) is 5.73 Å². The van der Waals surface area contributed by atoms with E-state index in [2.05, 4.69) is 11.8 Å². The molecule has 0 unspecified atom stereocenters. The van der Waals surface area contributed by atoms with Crippen molar-refractivity contribution in [1.29, 1.82) is 0 Å². The molecular formula is C11H10N2O3. The molecule has 0 fully saturated rings. The quantitative estimate of drug-likeness (QED) is 0.458. The summed E-state index contributed by atoms with van der Waals surface area (Å²) >= 11 is 0. The maximum Gasteiger partial charge on any atom is 0.287 e. The van der Waals surface area contributed by atoms with Crippen LogP contribution in [0, 0.1) is 28.9 Å². The molecule has 0 radical (unpaired) electrons. The molecule has 0 saturated carbocycles. The average molecular weight is 218 g/mol. The van der Waals surface area contributed by atoms with Gasteiger partial charge in [0.05, 0.1) is 11.3 Å². The molecule has 0 heterocycles. The molecule has 0 aliphatic heterocycles. The summed E-state index contributed by atoms with van der Waals surface area (Å²) in [7, 11) is 0. The minimum atomic E-state index is -0.553. The summed E-state index contributed by atoms with van der Waals surface area (Å²) in [5.74, 6) is 4.52. The number of rotatable bonds is 2. The van der Waals surface area contributed by atoms with Gasteiger partial charge in [-0.1, -0.05) is 24.0 Å². The number of carbonyl (C=O) groups excluding carboxylic acids is 1. The van der Waals surface area contributed by atoms with E-state index in [9.17, 15) is 14.9 Å². The largest absolute Gasteiger partial charge is 0.369 e. The van der Waals surface area contributed by atoms with Gasteiger partial charge in [0, 0.05) is 5.56 Å². The molecule has 5 nitrogen and oxygen atoms in total. The summed E-state index contributed by atoms with van der Waals surface area (Å²) < 4.78 is 0. The summed E-state index contributed by atoms with van der Waals surface area (Å²) in [4.78, 5) is 20.8. The van der Waals surface area contributed by atoms with E-state index in [1.165, 1.54) is 0 Å². The van der Waals surface area contributed by atoms with Gasteiger partial charge in [-0.2, -0.15) is 0 Å². The minimum absolute atomic E-state index is 0.0283. The summed E-state index contributed by atoms with van der Waals surface area (Å²) in [6.45, 7) is 1.64. The molecule has 82 valence electrons. The fourth-order valence-electron chi connectivity index (χ4n) is 1.23. The van der Waals surface area contributed by atoms with Gasteiger partial charge in [0.15, 0.2) is 0 Å². The maximum atomic E-state index is 10.8. The van der Waals surface area contributed by atoms with Crippen molar-refractivity contribution >= 4 is 11.6 Å². The van der Waals surface area contributed by atoms with Crippen LogP contribution in [0.25, 0.3) is 0 Å². The Kier molecular flexibility index (Phi) is 3.62. The highest BCUT2D eigenvalue weighted by molar-refractivity contribution is 5.76.